The molecule has 0 aliphatic carbocycles. The molecule has 0 bridgehead atoms. The van der Waals surface area contributed by atoms with Crippen molar-refractivity contribution in [3.8, 4) is 0 Å². The third-order valence-electron chi connectivity index (χ3n) is 2.51. The van der Waals surface area contributed by atoms with E-state index in [1.54, 1.807) is 6.20 Å². The second-order valence-electron chi connectivity index (χ2n) is 3.98. The van der Waals surface area contributed by atoms with E-state index in [-0.39, 0.29) is 0 Å². The summed E-state index contributed by atoms with van der Waals surface area (Å²) >= 11 is 0. The summed E-state index contributed by atoms with van der Waals surface area (Å²) in [6.45, 7) is 0. The van der Waals surface area contributed by atoms with E-state index in [1.165, 1.54) is 10.2 Å². The Morgan fingerprint density at radius 2 is 1.88 bits per heavy atom. The molecule has 0 atom stereocenters. The van der Waals surface area contributed by atoms with Gasteiger partial charge in [0.05, 0.1) is 11.8 Å². The molecule has 0 radical (unpaired) electrons. The van der Waals surface area contributed by atoms with Crippen LogP contribution in [0.3, 0.4) is 0 Å². The highest BCUT2D eigenvalue weighted by atomic mass is 32.2. The maximum absolute atomic E-state index is 11.5. The molecule has 2 rings (SSSR count). The van der Waals surface area contributed by atoms with Gasteiger partial charge in [-0.25, -0.2) is 12.4 Å². The van der Waals surface area contributed by atoms with Gasteiger partial charge in [-0.15, -0.1) is 0 Å². The predicted octanol–water partition coefficient (Wildman–Crippen LogP) is 1.51. The summed E-state index contributed by atoms with van der Waals surface area (Å²) < 4.78 is 24.4. The molecule has 0 aliphatic heterocycles. The van der Waals surface area contributed by atoms with Crippen LogP contribution in [0.5, 0.6) is 0 Å². The van der Waals surface area contributed by atoms with Crippen LogP contribution in [0, 0.1) is 0 Å². The Morgan fingerprint density at radius 3 is 2.44 bits per heavy atom. The molecule has 16 heavy (non-hydrogen) atoms. The summed E-state index contributed by atoms with van der Waals surface area (Å²) in [5.41, 5.74) is 1.73. The van der Waals surface area contributed by atoms with E-state index >= 15 is 0 Å². The smallest absolute Gasteiger partial charge is 0.236 e. The molecule has 0 N–H and O–H groups in total. The average Bonchev–Trinajstić information content (AvgIpc) is 2.59. The number of aromatic nitrogens is 1. The minimum Gasteiger partial charge on any atom is -0.377 e. The Labute approximate surface area is 95.1 Å². The van der Waals surface area contributed by atoms with Crippen molar-refractivity contribution in [1.29, 1.82) is 0 Å². The number of benzene rings is 1. The van der Waals surface area contributed by atoms with Gasteiger partial charge in [0.2, 0.25) is 10.0 Å². The van der Waals surface area contributed by atoms with E-state index in [0.717, 1.165) is 11.1 Å². The fraction of sp³-hybridized carbons (Fsp3) is 0.273. The van der Waals surface area contributed by atoms with Crippen LogP contribution < -0.4 is 4.90 Å². The number of hydrogen-bond acceptors (Lipinski definition) is 3. The van der Waals surface area contributed by atoms with Crippen molar-refractivity contribution < 1.29 is 8.42 Å². The van der Waals surface area contributed by atoms with Gasteiger partial charge in [-0.3, -0.25) is 0 Å². The lowest BCUT2D eigenvalue weighted by Gasteiger charge is -2.13. The van der Waals surface area contributed by atoms with E-state index < -0.39 is 10.0 Å². The quantitative estimate of drug-likeness (QED) is 0.796. The van der Waals surface area contributed by atoms with E-state index in [1.807, 2.05) is 43.3 Å². The van der Waals surface area contributed by atoms with E-state index in [9.17, 15) is 8.42 Å². The molecule has 0 saturated carbocycles. The summed E-state index contributed by atoms with van der Waals surface area (Å²) in [6.07, 6.45) is 2.79. The molecular formula is C11H14N2O2S. The maximum Gasteiger partial charge on any atom is 0.236 e. The molecule has 1 aromatic heterocycles. The Bertz CT molecular complexity index is 626. The first-order valence-electron chi connectivity index (χ1n) is 4.89. The Balaban J connectivity index is 2.81. The molecule has 4 nitrogen and oxygen atoms in total. The van der Waals surface area contributed by atoms with Crippen LogP contribution >= 0.6 is 0 Å². The molecule has 0 amide bonds. The molecule has 0 aliphatic rings. The largest absolute Gasteiger partial charge is 0.377 e. The van der Waals surface area contributed by atoms with Crippen LogP contribution in [-0.4, -0.2) is 32.7 Å². The maximum atomic E-state index is 11.5. The number of fused-ring (bicyclic) bond motifs is 1. The van der Waals surface area contributed by atoms with Crippen molar-refractivity contribution in [2.24, 2.45) is 0 Å². The lowest BCUT2D eigenvalue weighted by Crippen LogP contribution is -2.10. The third-order valence-corrected chi connectivity index (χ3v) is 3.55. The number of rotatable bonds is 2. The standard InChI is InChI=1S/C11H14N2O2S/c1-12(2)10-5-4-6-11-9(10)7-8-13(11)16(3,14)15/h4-8H,1-3H3. The van der Waals surface area contributed by atoms with Crippen LogP contribution in [-0.2, 0) is 10.0 Å². The van der Waals surface area contributed by atoms with Gasteiger partial charge in [-0.1, -0.05) is 6.07 Å². The molecule has 86 valence electrons. The number of hydrogen-bond donors (Lipinski definition) is 0. The van der Waals surface area contributed by atoms with Gasteiger partial charge >= 0.3 is 0 Å². The summed E-state index contributed by atoms with van der Waals surface area (Å²) in [4.78, 5) is 1.97. The highest BCUT2D eigenvalue weighted by Crippen LogP contribution is 2.26. The van der Waals surface area contributed by atoms with Crippen molar-refractivity contribution in [3.63, 3.8) is 0 Å². The van der Waals surface area contributed by atoms with Crippen LogP contribution in [0.25, 0.3) is 10.9 Å². The second kappa shape index (κ2) is 3.52. The molecule has 2 aromatic rings. The Kier molecular flexibility index (Phi) is 2.42. The molecular weight excluding hydrogens is 224 g/mol. The van der Waals surface area contributed by atoms with Gasteiger partial charge in [0.1, 0.15) is 0 Å². The molecule has 0 unspecified atom stereocenters. The lowest BCUT2D eigenvalue weighted by molar-refractivity contribution is 0.595. The molecule has 5 heteroatoms. The fourth-order valence-electron chi connectivity index (χ4n) is 1.81. The second-order valence-corrected chi connectivity index (χ2v) is 5.84. The van der Waals surface area contributed by atoms with E-state index in [2.05, 4.69) is 0 Å². The molecule has 0 spiro atoms. The van der Waals surface area contributed by atoms with Crippen LogP contribution in [0.1, 0.15) is 0 Å². The highest BCUT2D eigenvalue weighted by molar-refractivity contribution is 7.89. The van der Waals surface area contributed by atoms with Gasteiger partial charge in [0.15, 0.2) is 0 Å². The normalized spacial score (nSPS) is 11.9. The first kappa shape index (κ1) is 11.0. The third kappa shape index (κ3) is 1.67. The van der Waals surface area contributed by atoms with E-state index in [4.69, 9.17) is 0 Å². The number of nitrogens with zero attached hydrogens (tertiary/aromatic N) is 2. The minimum absolute atomic E-state index is 0.716. The van der Waals surface area contributed by atoms with Crippen LogP contribution in [0.15, 0.2) is 30.5 Å². The number of anilines is 1. The predicted molar refractivity (Wildman–Crippen MR) is 66.5 cm³/mol. The monoisotopic (exact) mass is 238 g/mol. The summed E-state index contributed by atoms with van der Waals surface area (Å²) in [7, 11) is 0.644. The topological polar surface area (TPSA) is 42.3 Å². The van der Waals surface area contributed by atoms with Gasteiger partial charge in [0.25, 0.3) is 0 Å². The molecule has 0 saturated heterocycles. The summed E-state index contributed by atoms with van der Waals surface area (Å²) in [5, 5.41) is 0.943. The fourth-order valence-corrected chi connectivity index (χ4v) is 2.60. The zero-order valence-corrected chi connectivity index (χ0v) is 10.3. The SMILES string of the molecule is CN(C)c1cccc2c1ccn2S(C)(=O)=O. The van der Waals surface area contributed by atoms with E-state index in [0.29, 0.717) is 5.52 Å². The Morgan fingerprint density at radius 1 is 1.19 bits per heavy atom. The van der Waals surface area contributed by atoms with Gasteiger partial charge < -0.3 is 4.90 Å². The zero-order chi connectivity index (χ0) is 11.9. The first-order valence-corrected chi connectivity index (χ1v) is 6.74. The lowest BCUT2D eigenvalue weighted by atomic mass is 10.2. The Hall–Kier alpha value is -1.49. The van der Waals surface area contributed by atoms with Crippen molar-refractivity contribution >= 4 is 26.6 Å². The van der Waals surface area contributed by atoms with Gasteiger partial charge in [-0.05, 0) is 18.2 Å². The highest BCUT2D eigenvalue weighted by Gasteiger charge is 2.12. The van der Waals surface area contributed by atoms with Gasteiger partial charge in [0, 0.05) is 31.4 Å². The van der Waals surface area contributed by atoms with Crippen molar-refractivity contribution in [2.75, 3.05) is 25.3 Å². The van der Waals surface area contributed by atoms with Gasteiger partial charge in [-0.2, -0.15) is 0 Å². The van der Waals surface area contributed by atoms with Crippen molar-refractivity contribution in [3.05, 3.63) is 30.5 Å². The molecule has 1 heterocycles. The molecule has 1 aromatic carbocycles. The first-order chi connectivity index (χ1) is 7.41. The van der Waals surface area contributed by atoms with Crippen molar-refractivity contribution in [2.45, 2.75) is 0 Å². The minimum atomic E-state index is -3.23. The van der Waals surface area contributed by atoms with Crippen LogP contribution in [0.4, 0.5) is 5.69 Å². The molecule has 0 fully saturated rings. The summed E-state index contributed by atoms with van der Waals surface area (Å²) in [6, 6.07) is 7.46. The summed E-state index contributed by atoms with van der Waals surface area (Å²) in [5.74, 6) is 0. The van der Waals surface area contributed by atoms with Crippen molar-refractivity contribution in [1.82, 2.24) is 3.97 Å². The zero-order valence-electron chi connectivity index (χ0n) is 9.51. The van der Waals surface area contributed by atoms with Crippen LogP contribution in [0.2, 0.25) is 0 Å². The average molecular weight is 238 g/mol.